The molecule has 152 valence electrons. The van der Waals surface area contributed by atoms with Crippen LogP contribution >= 0.6 is 0 Å². The Balaban J connectivity index is 1.49. The zero-order valence-corrected chi connectivity index (χ0v) is 15.3. The van der Waals surface area contributed by atoms with E-state index < -0.39 is 12.7 Å². The van der Waals surface area contributed by atoms with E-state index in [9.17, 15) is 18.0 Å². The highest BCUT2D eigenvalue weighted by Crippen LogP contribution is 2.25. The van der Waals surface area contributed by atoms with E-state index in [1.54, 1.807) is 36.5 Å². The average Bonchev–Trinajstić information content (AvgIpc) is 3.11. The van der Waals surface area contributed by atoms with Crippen molar-refractivity contribution in [1.82, 2.24) is 20.3 Å². The first-order valence-electron chi connectivity index (χ1n) is 9.21. The first-order chi connectivity index (χ1) is 13.9. The molecular weight excluding hydrogens is 385 g/mol. The molecule has 0 atom stereocenters. The Labute approximate surface area is 164 Å². The van der Waals surface area contributed by atoms with E-state index in [4.69, 9.17) is 0 Å². The molecule has 4 N–H and O–H groups in total. The number of H-pyrrole nitrogens is 1. The summed E-state index contributed by atoms with van der Waals surface area (Å²) in [7, 11) is 0. The Morgan fingerprint density at radius 2 is 1.90 bits per heavy atom. The number of carbonyl (C=O) groups is 1. The molecule has 3 aromatic rings. The van der Waals surface area contributed by atoms with Crippen molar-refractivity contribution in [2.45, 2.75) is 31.5 Å². The highest BCUT2D eigenvalue weighted by Gasteiger charge is 2.27. The molecule has 1 fully saturated rings. The van der Waals surface area contributed by atoms with Gasteiger partial charge in [0.15, 0.2) is 0 Å². The second kappa shape index (κ2) is 7.61. The summed E-state index contributed by atoms with van der Waals surface area (Å²) < 4.78 is 37.7. The third kappa shape index (κ3) is 4.58. The van der Waals surface area contributed by atoms with Gasteiger partial charge in [-0.05, 0) is 49.6 Å². The maximum absolute atomic E-state index is 12.6. The van der Waals surface area contributed by atoms with Gasteiger partial charge in [0, 0.05) is 23.5 Å². The number of hydrogen-bond donors (Lipinski definition) is 4. The Hall–Kier alpha value is -3.30. The summed E-state index contributed by atoms with van der Waals surface area (Å²) in [6.07, 6.45) is 0.372. The number of rotatable bonds is 6. The Kier molecular flexibility index (Phi) is 4.99. The number of amides is 1. The van der Waals surface area contributed by atoms with Gasteiger partial charge in [-0.15, -0.1) is 0 Å². The number of alkyl halides is 3. The van der Waals surface area contributed by atoms with Crippen LogP contribution in [-0.4, -0.2) is 39.6 Å². The summed E-state index contributed by atoms with van der Waals surface area (Å²) >= 11 is 0. The van der Waals surface area contributed by atoms with Crippen LogP contribution in [-0.2, 0) is 0 Å². The lowest BCUT2D eigenvalue weighted by Crippen LogP contribution is -2.39. The van der Waals surface area contributed by atoms with Crippen molar-refractivity contribution in [2.24, 2.45) is 0 Å². The summed E-state index contributed by atoms with van der Waals surface area (Å²) in [5, 5.41) is 8.69. The van der Waals surface area contributed by atoms with Gasteiger partial charge < -0.3 is 20.9 Å². The van der Waals surface area contributed by atoms with Crippen LogP contribution in [0.3, 0.4) is 0 Å². The van der Waals surface area contributed by atoms with E-state index in [-0.39, 0.29) is 23.7 Å². The van der Waals surface area contributed by atoms with Gasteiger partial charge in [0.05, 0.1) is 5.39 Å². The number of nitrogens with one attached hydrogen (secondary N) is 4. The molecule has 7 nitrogen and oxygen atoms in total. The third-order valence-corrected chi connectivity index (χ3v) is 4.72. The highest BCUT2D eigenvalue weighted by molar-refractivity contribution is 5.95. The fourth-order valence-electron chi connectivity index (χ4n) is 2.97. The summed E-state index contributed by atoms with van der Waals surface area (Å²) in [5.41, 5.74) is 1.55. The maximum Gasteiger partial charge on any atom is 0.405 e. The number of fused-ring (bicyclic) bond motifs is 1. The topological polar surface area (TPSA) is 94.7 Å². The first-order valence-corrected chi connectivity index (χ1v) is 9.21. The van der Waals surface area contributed by atoms with E-state index in [1.165, 1.54) is 0 Å². The molecule has 10 heteroatoms. The van der Waals surface area contributed by atoms with Crippen LogP contribution in [0.1, 0.15) is 29.6 Å². The molecule has 0 aliphatic heterocycles. The zero-order valence-electron chi connectivity index (χ0n) is 15.3. The molecule has 1 aliphatic carbocycles. The lowest BCUT2D eigenvalue weighted by atomic mass is 9.93. The predicted molar refractivity (Wildman–Crippen MR) is 103 cm³/mol. The summed E-state index contributed by atoms with van der Waals surface area (Å²) in [6, 6.07) is 8.59. The molecule has 0 unspecified atom stereocenters. The first kappa shape index (κ1) is 19.0. The summed E-state index contributed by atoms with van der Waals surface area (Å²) in [4.78, 5) is 23.5. The molecule has 0 bridgehead atoms. The van der Waals surface area contributed by atoms with Crippen molar-refractivity contribution in [3.05, 3.63) is 42.1 Å². The molecule has 0 radical (unpaired) electrons. The van der Waals surface area contributed by atoms with Crippen molar-refractivity contribution in [2.75, 3.05) is 17.2 Å². The van der Waals surface area contributed by atoms with Gasteiger partial charge in [0.25, 0.3) is 5.91 Å². The zero-order chi connectivity index (χ0) is 20.4. The predicted octanol–water partition coefficient (Wildman–Crippen LogP) is 3.96. The highest BCUT2D eigenvalue weighted by atomic mass is 19.4. The smallest absolute Gasteiger partial charge is 0.360 e. The molecule has 1 amide bonds. The average molecular weight is 404 g/mol. The van der Waals surface area contributed by atoms with Crippen molar-refractivity contribution >= 4 is 34.4 Å². The molecule has 4 rings (SSSR count). The van der Waals surface area contributed by atoms with Crippen LogP contribution in [0.5, 0.6) is 0 Å². The fraction of sp³-hybridized carbons (Fsp3) is 0.316. The Morgan fingerprint density at radius 1 is 1.14 bits per heavy atom. The molecule has 1 saturated carbocycles. The number of aromatic amines is 1. The van der Waals surface area contributed by atoms with E-state index in [2.05, 4.69) is 30.9 Å². The van der Waals surface area contributed by atoms with Crippen LogP contribution < -0.4 is 16.0 Å². The van der Waals surface area contributed by atoms with Crippen LogP contribution in [0.15, 0.2) is 36.5 Å². The number of nitrogens with zero attached hydrogens (tertiary/aromatic N) is 2. The van der Waals surface area contributed by atoms with Crippen LogP contribution in [0.4, 0.5) is 30.6 Å². The Bertz CT molecular complexity index is 1010. The number of carbonyl (C=O) groups excluding carboxylic acids is 1. The largest absolute Gasteiger partial charge is 0.405 e. The molecule has 0 saturated heterocycles. The number of hydrogen-bond acceptors (Lipinski definition) is 5. The number of aromatic nitrogens is 3. The SMILES string of the molecule is O=C(NC1CCC1)c1ccc(Nc2nc(NCC(F)(F)F)c3cc[nH]c3n2)cc1. The van der Waals surface area contributed by atoms with Crippen molar-refractivity contribution < 1.29 is 18.0 Å². The molecular formula is C19H19F3N6O. The molecule has 1 aromatic carbocycles. The molecule has 29 heavy (non-hydrogen) atoms. The van der Waals surface area contributed by atoms with Gasteiger partial charge in [0.2, 0.25) is 5.95 Å². The minimum atomic E-state index is -4.36. The standard InChI is InChI=1S/C19H19F3N6O/c20-19(21,22)10-24-16-14-8-9-23-15(14)27-18(28-16)26-13-6-4-11(5-7-13)17(29)25-12-2-1-3-12/h4-9,12H,1-3,10H2,(H,25,29)(H3,23,24,26,27,28). The second-order valence-corrected chi connectivity index (χ2v) is 6.91. The van der Waals surface area contributed by atoms with E-state index in [1.807, 2.05) is 0 Å². The number of benzene rings is 1. The second-order valence-electron chi connectivity index (χ2n) is 6.91. The lowest BCUT2D eigenvalue weighted by molar-refractivity contribution is -0.115. The summed E-state index contributed by atoms with van der Waals surface area (Å²) in [6.45, 7) is -1.20. The lowest BCUT2D eigenvalue weighted by Gasteiger charge is -2.26. The monoisotopic (exact) mass is 404 g/mol. The molecule has 0 spiro atoms. The number of halogens is 3. The normalized spacial score (nSPS) is 14.4. The molecule has 1 aliphatic rings. The minimum absolute atomic E-state index is 0.0765. The van der Waals surface area contributed by atoms with Crippen LogP contribution in [0.2, 0.25) is 0 Å². The van der Waals surface area contributed by atoms with Crippen LogP contribution in [0.25, 0.3) is 11.0 Å². The van der Waals surface area contributed by atoms with Gasteiger partial charge in [-0.1, -0.05) is 0 Å². The van der Waals surface area contributed by atoms with E-state index >= 15 is 0 Å². The maximum atomic E-state index is 12.6. The quantitative estimate of drug-likeness (QED) is 0.499. The van der Waals surface area contributed by atoms with Crippen molar-refractivity contribution in [3.8, 4) is 0 Å². The van der Waals surface area contributed by atoms with Gasteiger partial charge in [0.1, 0.15) is 18.0 Å². The van der Waals surface area contributed by atoms with Gasteiger partial charge in [-0.25, -0.2) is 0 Å². The van der Waals surface area contributed by atoms with Gasteiger partial charge in [-0.3, -0.25) is 4.79 Å². The van der Waals surface area contributed by atoms with Crippen LogP contribution in [0, 0.1) is 0 Å². The summed E-state index contributed by atoms with van der Waals surface area (Å²) in [5.74, 6) is 0.0906. The Morgan fingerprint density at radius 3 is 2.55 bits per heavy atom. The van der Waals surface area contributed by atoms with Crippen molar-refractivity contribution in [1.29, 1.82) is 0 Å². The fourth-order valence-corrected chi connectivity index (χ4v) is 2.97. The minimum Gasteiger partial charge on any atom is -0.360 e. The molecule has 2 aromatic heterocycles. The number of anilines is 3. The van der Waals surface area contributed by atoms with Crippen molar-refractivity contribution in [3.63, 3.8) is 0 Å². The van der Waals surface area contributed by atoms with E-state index in [0.717, 1.165) is 19.3 Å². The van der Waals surface area contributed by atoms with Gasteiger partial charge >= 0.3 is 6.18 Å². The van der Waals surface area contributed by atoms with E-state index in [0.29, 0.717) is 22.3 Å². The third-order valence-electron chi connectivity index (χ3n) is 4.72. The van der Waals surface area contributed by atoms with Gasteiger partial charge in [-0.2, -0.15) is 23.1 Å². The molecule has 2 heterocycles.